The van der Waals surface area contributed by atoms with Gasteiger partial charge in [-0.05, 0) is 49.2 Å². The predicted molar refractivity (Wildman–Crippen MR) is 115 cm³/mol. The van der Waals surface area contributed by atoms with Crippen LogP contribution < -0.4 is 15.2 Å². The van der Waals surface area contributed by atoms with Crippen molar-refractivity contribution >= 4 is 16.9 Å². The van der Waals surface area contributed by atoms with Crippen molar-refractivity contribution in [3.8, 4) is 11.5 Å². The summed E-state index contributed by atoms with van der Waals surface area (Å²) in [5.74, 6) is 1.26. The molecule has 2 aliphatic heterocycles. The molecule has 0 bridgehead atoms. The largest absolute Gasteiger partial charge is 0.454 e. The topological polar surface area (TPSA) is 96.6 Å². The highest BCUT2D eigenvalue weighted by Crippen LogP contribution is 2.38. The van der Waals surface area contributed by atoms with Crippen LogP contribution in [0.5, 0.6) is 11.5 Å². The number of nitrogens with one attached hydrogen (secondary N) is 2. The standard InChI is InChI=1S/C23H25N3O5/c1-13-10-26(11-14(2)31-13)22(27)9-17(16-4-6-20-21(8-16)30-12-29-20)15-3-5-18-19(7-15)25-23(28)24-18/h3-8,13-14,17H,9-12H2,1-2H3,(H2,24,25,28). The van der Waals surface area contributed by atoms with Gasteiger partial charge >= 0.3 is 5.69 Å². The van der Waals surface area contributed by atoms with Gasteiger partial charge < -0.3 is 29.1 Å². The van der Waals surface area contributed by atoms with E-state index < -0.39 is 0 Å². The molecule has 1 saturated heterocycles. The fourth-order valence-electron chi connectivity index (χ4n) is 4.51. The van der Waals surface area contributed by atoms with Gasteiger partial charge in [-0.25, -0.2) is 4.79 Å². The van der Waals surface area contributed by atoms with Crippen molar-refractivity contribution in [2.45, 2.75) is 38.4 Å². The number of nitrogens with zero attached hydrogens (tertiary/aromatic N) is 1. The fraction of sp³-hybridized carbons (Fsp3) is 0.391. The maximum atomic E-state index is 13.3. The first-order chi connectivity index (χ1) is 15.0. The highest BCUT2D eigenvalue weighted by molar-refractivity contribution is 5.79. The average molecular weight is 423 g/mol. The lowest BCUT2D eigenvalue weighted by Gasteiger charge is -2.36. The van der Waals surface area contributed by atoms with Gasteiger partial charge in [0, 0.05) is 25.4 Å². The molecule has 3 aromatic rings. The van der Waals surface area contributed by atoms with Gasteiger partial charge in [-0.3, -0.25) is 4.79 Å². The maximum Gasteiger partial charge on any atom is 0.323 e. The number of aromatic amines is 2. The number of fused-ring (bicyclic) bond motifs is 2. The second-order valence-electron chi connectivity index (χ2n) is 8.31. The number of hydrogen-bond donors (Lipinski definition) is 2. The van der Waals surface area contributed by atoms with E-state index in [0.717, 1.165) is 16.6 Å². The van der Waals surface area contributed by atoms with Crippen molar-refractivity contribution in [2.75, 3.05) is 19.9 Å². The lowest BCUT2D eigenvalue weighted by Crippen LogP contribution is -2.48. The third-order valence-corrected chi connectivity index (χ3v) is 5.89. The van der Waals surface area contributed by atoms with Crippen LogP contribution >= 0.6 is 0 Å². The molecule has 3 heterocycles. The Kier molecular flexibility index (Phi) is 4.94. The van der Waals surface area contributed by atoms with E-state index >= 15 is 0 Å². The zero-order valence-electron chi connectivity index (χ0n) is 17.5. The molecule has 8 nitrogen and oxygen atoms in total. The number of H-pyrrole nitrogens is 2. The summed E-state index contributed by atoms with van der Waals surface area (Å²) < 4.78 is 16.8. The molecule has 0 saturated carbocycles. The van der Waals surface area contributed by atoms with E-state index in [1.54, 1.807) is 0 Å². The molecule has 162 valence electrons. The molecule has 8 heteroatoms. The van der Waals surface area contributed by atoms with Crippen LogP contribution in [0.3, 0.4) is 0 Å². The first-order valence-corrected chi connectivity index (χ1v) is 10.5. The Morgan fingerprint density at radius 3 is 2.48 bits per heavy atom. The summed E-state index contributed by atoms with van der Waals surface area (Å²) in [4.78, 5) is 32.5. The zero-order valence-corrected chi connectivity index (χ0v) is 17.5. The Morgan fingerprint density at radius 1 is 1.00 bits per heavy atom. The number of hydrogen-bond acceptors (Lipinski definition) is 5. The Hall–Kier alpha value is -3.26. The summed E-state index contributed by atoms with van der Waals surface area (Å²) in [6.45, 7) is 5.34. The summed E-state index contributed by atoms with van der Waals surface area (Å²) in [6, 6.07) is 11.5. The van der Waals surface area contributed by atoms with E-state index in [0.29, 0.717) is 36.5 Å². The van der Waals surface area contributed by atoms with Gasteiger partial charge in [0.05, 0.1) is 23.2 Å². The molecule has 0 aliphatic carbocycles. The number of amides is 1. The summed E-state index contributed by atoms with van der Waals surface area (Å²) in [5, 5.41) is 0. The van der Waals surface area contributed by atoms with Crippen LogP contribution in [-0.2, 0) is 9.53 Å². The SMILES string of the molecule is CC1CN(C(=O)CC(c2ccc3c(c2)OCO3)c2ccc3[nH]c(=O)[nH]c3c2)CC(C)O1. The first kappa shape index (κ1) is 19.7. The van der Waals surface area contributed by atoms with Crippen LogP contribution in [-0.4, -0.2) is 52.9 Å². The number of aromatic nitrogens is 2. The highest BCUT2D eigenvalue weighted by atomic mass is 16.7. The van der Waals surface area contributed by atoms with Gasteiger partial charge in [0.1, 0.15) is 0 Å². The van der Waals surface area contributed by atoms with Crippen molar-refractivity contribution < 1.29 is 19.0 Å². The summed E-state index contributed by atoms with van der Waals surface area (Å²) in [7, 11) is 0. The van der Waals surface area contributed by atoms with Gasteiger partial charge in [-0.15, -0.1) is 0 Å². The number of carbonyl (C=O) groups excluding carboxylic acids is 1. The number of imidazole rings is 1. The predicted octanol–water partition coefficient (Wildman–Crippen LogP) is 2.74. The maximum absolute atomic E-state index is 13.3. The van der Waals surface area contributed by atoms with Gasteiger partial charge in [0.2, 0.25) is 12.7 Å². The Labute approximate surface area is 179 Å². The number of morpholine rings is 1. The van der Waals surface area contributed by atoms with E-state index in [2.05, 4.69) is 9.97 Å². The van der Waals surface area contributed by atoms with Crippen molar-refractivity contribution in [1.82, 2.24) is 14.9 Å². The van der Waals surface area contributed by atoms with Crippen LogP contribution in [0, 0.1) is 0 Å². The third-order valence-electron chi connectivity index (χ3n) is 5.89. The summed E-state index contributed by atoms with van der Waals surface area (Å²) in [6.07, 6.45) is 0.329. The highest BCUT2D eigenvalue weighted by Gasteiger charge is 2.29. The Bertz CT molecular complexity index is 1170. The van der Waals surface area contributed by atoms with Gasteiger partial charge in [0.15, 0.2) is 11.5 Å². The first-order valence-electron chi connectivity index (χ1n) is 10.5. The van der Waals surface area contributed by atoms with E-state index in [1.165, 1.54) is 0 Å². The lowest BCUT2D eigenvalue weighted by molar-refractivity contribution is -0.143. The van der Waals surface area contributed by atoms with E-state index in [1.807, 2.05) is 55.1 Å². The molecule has 1 fully saturated rings. The minimum atomic E-state index is -0.251. The normalized spacial score (nSPS) is 21.4. The van der Waals surface area contributed by atoms with Crippen LogP contribution in [0.4, 0.5) is 0 Å². The van der Waals surface area contributed by atoms with Gasteiger partial charge in [0.25, 0.3) is 0 Å². The Balaban J connectivity index is 1.50. The van der Waals surface area contributed by atoms with Gasteiger partial charge in [-0.1, -0.05) is 12.1 Å². The zero-order chi connectivity index (χ0) is 21.5. The molecule has 5 rings (SSSR count). The van der Waals surface area contributed by atoms with Crippen LogP contribution in [0.15, 0.2) is 41.2 Å². The summed E-state index contributed by atoms with van der Waals surface area (Å²) in [5.41, 5.74) is 3.11. The van der Waals surface area contributed by atoms with Crippen molar-refractivity contribution in [3.05, 3.63) is 58.0 Å². The van der Waals surface area contributed by atoms with Crippen molar-refractivity contribution in [1.29, 1.82) is 0 Å². The molecule has 2 N–H and O–H groups in total. The second-order valence-corrected chi connectivity index (χ2v) is 8.31. The fourth-order valence-corrected chi connectivity index (χ4v) is 4.51. The van der Waals surface area contributed by atoms with E-state index in [9.17, 15) is 9.59 Å². The molecule has 3 atom stereocenters. The monoisotopic (exact) mass is 423 g/mol. The molecular weight excluding hydrogens is 398 g/mol. The van der Waals surface area contributed by atoms with Crippen LogP contribution in [0.2, 0.25) is 0 Å². The third kappa shape index (κ3) is 3.90. The molecule has 0 radical (unpaired) electrons. The average Bonchev–Trinajstić information content (AvgIpc) is 3.35. The Morgan fingerprint density at radius 2 is 1.68 bits per heavy atom. The van der Waals surface area contributed by atoms with Crippen LogP contribution in [0.25, 0.3) is 11.0 Å². The number of benzene rings is 2. The van der Waals surface area contributed by atoms with E-state index in [4.69, 9.17) is 14.2 Å². The number of carbonyl (C=O) groups is 1. The number of ether oxygens (including phenoxy) is 3. The van der Waals surface area contributed by atoms with Crippen LogP contribution in [0.1, 0.15) is 37.3 Å². The molecular formula is C23H25N3O5. The second kappa shape index (κ2) is 7.77. The molecule has 2 aromatic carbocycles. The summed E-state index contributed by atoms with van der Waals surface area (Å²) >= 11 is 0. The smallest absolute Gasteiger partial charge is 0.323 e. The lowest BCUT2D eigenvalue weighted by atomic mass is 9.87. The minimum Gasteiger partial charge on any atom is -0.454 e. The molecule has 3 unspecified atom stereocenters. The molecule has 2 aliphatic rings. The molecule has 0 spiro atoms. The quantitative estimate of drug-likeness (QED) is 0.673. The minimum absolute atomic E-state index is 0.0120. The van der Waals surface area contributed by atoms with Crippen molar-refractivity contribution in [3.63, 3.8) is 0 Å². The number of rotatable bonds is 4. The van der Waals surface area contributed by atoms with E-state index in [-0.39, 0.29) is 36.5 Å². The molecule has 31 heavy (non-hydrogen) atoms. The molecule has 1 aromatic heterocycles. The van der Waals surface area contributed by atoms with Gasteiger partial charge in [-0.2, -0.15) is 0 Å². The molecule has 1 amide bonds. The van der Waals surface area contributed by atoms with Crippen molar-refractivity contribution in [2.24, 2.45) is 0 Å².